The third kappa shape index (κ3) is 12.3. The number of hydrogen-bond acceptors (Lipinski definition) is 18. The third-order valence-electron chi connectivity index (χ3n) is 14.3. The monoisotopic (exact) mass is 1010 g/mol. The van der Waals surface area contributed by atoms with Gasteiger partial charge in [0.15, 0.2) is 24.8 Å². The van der Waals surface area contributed by atoms with Gasteiger partial charge >= 0.3 is 11.9 Å². The van der Waals surface area contributed by atoms with Gasteiger partial charge in [-0.1, -0.05) is 62.4 Å². The lowest BCUT2D eigenvalue weighted by Crippen LogP contribution is -2.64. The molecule has 0 spiro atoms. The van der Waals surface area contributed by atoms with Gasteiger partial charge in [-0.25, -0.2) is 14.3 Å². The van der Waals surface area contributed by atoms with Crippen LogP contribution in [0.4, 0.5) is 5.69 Å². The number of aromatic nitrogens is 4. The normalized spacial score (nSPS) is 31.7. The maximum absolute atomic E-state index is 14.1. The zero-order valence-corrected chi connectivity index (χ0v) is 40.0. The molecular weight excluding hydrogens is 945 g/mol. The number of nitro groups is 1. The number of aliphatic hydroxyl groups excluding tert-OH is 5. The van der Waals surface area contributed by atoms with Gasteiger partial charge in [-0.05, 0) is 62.3 Å². The van der Waals surface area contributed by atoms with Gasteiger partial charge in [-0.15, -0.1) is 5.10 Å². The Bertz CT molecular complexity index is 2470. The van der Waals surface area contributed by atoms with E-state index in [0.717, 1.165) is 37.6 Å². The first-order chi connectivity index (χ1) is 34.6. The van der Waals surface area contributed by atoms with E-state index in [0.29, 0.717) is 17.5 Å². The molecule has 4 fully saturated rings. The quantitative estimate of drug-likeness (QED) is 0.0402. The predicted octanol–water partition coefficient (Wildman–Crippen LogP) is 2.06. The largest absolute Gasteiger partial charge is 0.479 e. The summed E-state index contributed by atoms with van der Waals surface area (Å²) in [7, 11) is 0. The summed E-state index contributed by atoms with van der Waals surface area (Å²) in [6, 6.07) is 14.3. The maximum Gasteiger partial charge on any atom is 0.338 e. The zero-order chi connectivity index (χ0) is 51.2. The molecule has 2 saturated heterocycles. The standard InChI is InChI=1S/C49H64N6O17/c1-26-19-31(45(61)50-17-15-32-23-54(52-51-32)25-53-18-16-30-21-33(55(65)66)13-14-34(30)53)22-35(42(26)72-48-41(60)40(59)38(57)27(2)67-48)69-49-44(71-47(64)29-11-7-4-8-12-29)43(39(58)37(24-56)70-49)68-36(46(62)63)20-28-9-5-3-6-10-28/h4,7-8,11-14,16,18,21,23,26-28,31,35-44,48-49,56-60H,3,5-6,9-10,15,17,19-20,22,24-25H2,1-2H3,(H,50,61)(H,62,63)/t26-,27?,31?,35-,36+,37+,38-,39+,40?,41+,42?,43?,44?,48+,49-/m1/s1. The number of amides is 1. The Morgan fingerprint density at radius 1 is 0.903 bits per heavy atom. The van der Waals surface area contributed by atoms with Crippen molar-refractivity contribution in [3.63, 3.8) is 0 Å². The molecule has 23 heteroatoms. The van der Waals surface area contributed by atoms with Crippen LogP contribution in [-0.2, 0) is 51.1 Å². The summed E-state index contributed by atoms with van der Waals surface area (Å²) in [6.45, 7) is 2.93. The molecule has 72 heavy (non-hydrogen) atoms. The fourth-order valence-corrected chi connectivity index (χ4v) is 10.4. The minimum absolute atomic E-state index is 0.0171. The SMILES string of the molecule is CC1O[C@@H](OC2[C@H](C)CC(C(=O)NCCc3cn(Cn4ccc5cc([N+](=O)[O-])ccc54)nn3)C[C@H]2O[C@@H]2O[C@@H](CO)[C@H](O)C(O[C@@H](CC3CCCCC3)C(=O)O)C2OC(=O)c2ccccc2)[C@@H](O)C(O)[C@@H]1O. The summed E-state index contributed by atoms with van der Waals surface area (Å²) in [6.07, 6.45) is -10.4. The molecule has 23 nitrogen and oxygen atoms in total. The summed E-state index contributed by atoms with van der Waals surface area (Å²) >= 11 is 0. The number of nitro benzene ring substituents is 1. The van der Waals surface area contributed by atoms with Gasteiger partial charge in [0.1, 0.15) is 43.3 Å². The Morgan fingerprint density at radius 2 is 1.67 bits per heavy atom. The number of fused-ring (bicyclic) bond motifs is 1. The number of carboxylic acid groups (broad SMARTS) is 1. The highest BCUT2D eigenvalue weighted by molar-refractivity contribution is 5.89. The second kappa shape index (κ2) is 23.6. The molecule has 4 heterocycles. The molecule has 4 aliphatic rings. The average Bonchev–Trinajstić information content (AvgIpc) is 4.01. The lowest BCUT2D eigenvalue weighted by molar-refractivity contribution is -0.384. The molecule has 2 aromatic heterocycles. The van der Waals surface area contributed by atoms with E-state index >= 15 is 0 Å². The minimum Gasteiger partial charge on any atom is -0.479 e. The number of carbonyl (C=O) groups excluding carboxylic acids is 2. The summed E-state index contributed by atoms with van der Waals surface area (Å²) in [5, 5.41) is 88.3. The molecule has 1 amide bonds. The number of esters is 1. The number of ether oxygens (including phenoxy) is 6. The van der Waals surface area contributed by atoms with Gasteiger partial charge in [0, 0.05) is 42.6 Å². The van der Waals surface area contributed by atoms with Gasteiger partial charge in [-0.3, -0.25) is 14.9 Å². The second-order valence-electron chi connectivity index (χ2n) is 19.4. The van der Waals surface area contributed by atoms with Crippen molar-refractivity contribution in [2.24, 2.45) is 17.8 Å². The number of rotatable bonds is 19. The summed E-state index contributed by atoms with van der Waals surface area (Å²) in [5.74, 6) is -3.80. The van der Waals surface area contributed by atoms with Crippen molar-refractivity contribution in [3.05, 3.63) is 88.4 Å². The van der Waals surface area contributed by atoms with E-state index in [1.807, 2.05) is 4.57 Å². The molecule has 4 aromatic rings. The molecule has 15 atom stereocenters. The number of benzene rings is 2. The van der Waals surface area contributed by atoms with E-state index in [9.17, 15) is 55.1 Å². The molecule has 2 aliphatic carbocycles. The Hall–Kier alpha value is -5.47. The van der Waals surface area contributed by atoms with E-state index in [4.69, 9.17) is 28.4 Å². The summed E-state index contributed by atoms with van der Waals surface area (Å²) in [5.41, 5.74) is 1.44. The van der Waals surface area contributed by atoms with Crippen LogP contribution in [0, 0.1) is 27.9 Å². The van der Waals surface area contributed by atoms with Gasteiger partial charge in [0.25, 0.3) is 5.69 Å². The summed E-state index contributed by atoms with van der Waals surface area (Å²) in [4.78, 5) is 51.6. The van der Waals surface area contributed by atoms with E-state index in [1.54, 1.807) is 54.3 Å². The first-order valence-electron chi connectivity index (χ1n) is 24.6. The highest BCUT2D eigenvalue weighted by atomic mass is 16.7. The fraction of sp³-hybridized carbons (Fsp3) is 0.612. The third-order valence-corrected chi connectivity index (χ3v) is 14.3. The smallest absolute Gasteiger partial charge is 0.338 e. The molecule has 6 unspecified atom stereocenters. The van der Waals surface area contributed by atoms with Gasteiger partial charge < -0.3 is 68.9 Å². The highest BCUT2D eigenvalue weighted by Gasteiger charge is 2.54. The van der Waals surface area contributed by atoms with Crippen molar-refractivity contribution in [1.29, 1.82) is 0 Å². The Balaban J connectivity index is 1.02. The number of carboxylic acids is 1. The molecule has 0 bridgehead atoms. The molecule has 2 aromatic carbocycles. The first kappa shape index (κ1) is 52.8. The van der Waals surface area contributed by atoms with Crippen LogP contribution in [0.25, 0.3) is 10.9 Å². The maximum atomic E-state index is 14.1. The summed E-state index contributed by atoms with van der Waals surface area (Å²) < 4.78 is 40.9. The Labute approximate surface area is 414 Å². The van der Waals surface area contributed by atoms with Crippen LogP contribution < -0.4 is 5.32 Å². The highest BCUT2D eigenvalue weighted by Crippen LogP contribution is 2.39. The predicted molar refractivity (Wildman–Crippen MR) is 250 cm³/mol. The molecule has 7 N–H and O–H groups in total. The van der Waals surface area contributed by atoms with Gasteiger partial charge in [0.05, 0.1) is 52.8 Å². The molecule has 8 rings (SSSR count). The van der Waals surface area contributed by atoms with Crippen LogP contribution in [0.15, 0.2) is 67.0 Å². The molecule has 0 radical (unpaired) electrons. The number of nitrogens with one attached hydrogen (secondary N) is 1. The van der Waals surface area contributed by atoms with Crippen LogP contribution in [0.2, 0.25) is 0 Å². The lowest BCUT2D eigenvalue weighted by atomic mass is 9.77. The fourth-order valence-electron chi connectivity index (χ4n) is 10.4. The van der Waals surface area contributed by atoms with Crippen molar-refractivity contribution in [3.8, 4) is 0 Å². The zero-order valence-electron chi connectivity index (χ0n) is 40.0. The molecule has 392 valence electrons. The topological polar surface area (TPSA) is 319 Å². The number of carbonyl (C=O) groups is 3. The van der Waals surface area contributed by atoms with Crippen LogP contribution in [0.5, 0.6) is 0 Å². The van der Waals surface area contributed by atoms with Crippen LogP contribution in [0.3, 0.4) is 0 Å². The Kier molecular flexibility index (Phi) is 17.3. The number of aliphatic hydroxyl groups is 5. The van der Waals surface area contributed by atoms with Crippen LogP contribution in [-0.4, -0.2) is 166 Å². The first-order valence-corrected chi connectivity index (χ1v) is 24.6. The van der Waals surface area contributed by atoms with Crippen LogP contribution >= 0.6 is 0 Å². The average molecular weight is 1010 g/mol. The number of aliphatic carboxylic acids is 1. The molecule has 2 saturated carbocycles. The van der Waals surface area contributed by atoms with Crippen molar-refractivity contribution in [2.75, 3.05) is 13.2 Å². The van der Waals surface area contributed by atoms with E-state index < -0.39 is 115 Å². The molecular formula is C49H64N6O17. The van der Waals surface area contributed by atoms with Gasteiger partial charge in [-0.2, -0.15) is 0 Å². The number of hydrogen-bond donors (Lipinski definition) is 7. The lowest BCUT2D eigenvalue weighted by Gasteiger charge is -2.48. The number of non-ortho nitro benzene ring substituents is 1. The molecule has 2 aliphatic heterocycles. The Morgan fingerprint density at radius 3 is 2.39 bits per heavy atom. The van der Waals surface area contributed by atoms with E-state index in [2.05, 4.69) is 15.6 Å². The second-order valence-corrected chi connectivity index (χ2v) is 19.4. The minimum atomic E-state index is -1.71. The van der Waals surface area contributed by atoms with Crippen molar-refractivity contribution >= 4 is 34.4 Å². The number of nitrogens with zero attached hydrogens (tertiary/aromatic N) is 5. The van der Waals surface area contributed by atoms with E-state index in [1.165, 1.54) is 31.2 Å². The van der Waals surface area contributed by atoms with Crippen molar-refractivity contribution in [1.82, 2.24) is 24.9 Å². The van der Waals surface area contributed by atoms with Crippen molar-refractivity contribution < 1.29 is 78.4 Å². The van der Waals surface area contributed by atoms with Crippen molar-refractivity contribution in [2.45, 2.75) is 158 Å². The van der Waals surface area contributed by atoms with Crippen LogP contribution in [0.1, 0.15) is 81.3 Å². The van der Waals surface area contributed by atoms with E-state index in [-0.39, 0.29) is 55.6 Å². The van der Waals surface area contributed by atoms with Gasteiger partial charge in [0.2, 0.25) is 5.91 Å².